The molecule has 3 heterocycles. The number of fused-ring (bicyclic) bond motifs is 1. The normalized spacial score (nSPS) is 17.2. The van der Waals surface area contributed by atoms with Gasteiger partial charge in [0.1, 0.15) is 0 Å². The molecule has 1 amide bonds. The van der Waals surface area contributed by atoms with Gasteiger partial charge in [0, 0.05) is 53.6 Å². The van der Waals surface area contributed by atoms with Crippen molar-refractivity contribution >= 4 is 40.0 Å². The quantitative estimate of drug-likeness (QED) is 0.495. The monoisotopic (exact) mass is 481 g/mol. The van der Waals surface area contributed by atoms with Crippen molar-refractivity contribution in [1.82, 2.24) is 9.47 Å². The van der Waals surface area contributed by atoms with E-state index in [1.165, 1.54) is 0 Å². The molecule has 0 N–H and O–H groups in total. The number of hydrogen-bond acceptors (Lipinski definition) is 3. The Balaban J connectivity index is 1.45. The molecule has 0 bridgehead atoms. The lowest BCUT2D eigenvalue weighted by atomic mass is 9.77. The van der Waals surface area contributed by atoms with Crippen LogP contribution in [0.15, 0.2) is 30.3 Å². The van der Waals surface area contributed by atoms with Crippen LogP contribution in [0.1, 0.15) is 45.6 Å². The van der Waals surface area contributed by atoms with Gasteiger partial charge in [0.05, 0.1) is 35.4 Å². The number of hydrogen-bond donors (Lipinski definition) is 0. The molecule has 2 aliphatic rings. The fourth-order valence-corrected chi connectivity index (χ4v) is 5.62. The van der Waals surface area contributed by atoms with Crippen molar-refractivity contribution in [3.8, 4) is 6.07 Å². The first kappa shape index (κ1) is 22.3. The van der Waals surface area contributed by atoms with Gasteiger partial charge in [0.15, 0.2) is 0 Å². The molecule has 0 unspecified atom stereocenters. The molecule has 2 fully saturated rings. The number of piperidine rings is 1. The van der Waals surface area contributed by atoms with Gasteiger partial charge in [-0.15, -0.1) is 0 Å². The van der Waals surface area contributed by atoms with Crippen LogP contribution < -0.4 is 0 Å². The van der Waals surface area contributed by atoms with Crippen molar-refractivity contribution in [2.75, 3.05) is 26.3 Å². The Morgan fingerprint density at radius 3 is 2.55 bits per heavy atom. The zero-order chi connectivity index (χ0) is 23.3. The summed E-state index contributed by atoms with van der Waals surface area (Å²) in [5, 5.41) is 11.4. The molecular weight excluding hydrogens is 457 g/mol. The van der Waals surface area contributed by atoms with E-state index in [0.717, 1.165) is 66.9 Å². The first-order valence-electron chi connectivity index (χ1n) is 11.1. The standard InChI is InChI=1S/C26H25Cl2N3O2/c1-16-9-17(13-29)10-23-20(16)11-18(30(23)2)12-21-22(27)4-3-19(24(21)28)25(32)31-7-5-26(6-8-31)14-33-15-26/h3-4,9-11H,5-8,12,14-15H2,1-2H3. The number of halogens is 2. The van der Waals surface area contributed by atoms with Crippen molar-refractivity contribution in [3.05, 3.63) is 68.3 Å². The smallest absolute Gasteiger partial charge is 0.255 e. The number of benzene rings is 2. The Labute approximate surface area is 203 Å². The average Bonchev–Trinajstić information content (AvgIpc) is 3.11. The molecule has 0 saturated carbocycles. The SMILES string of the molecule is Cc1cc(C#N)cc2c1cc(Cc1c(Cl)ccc(C(=O)N3CCC4(CC3)COC4)c1Cl)n2C. The lowest BCUT2D eigenvalue weighted by Crippen LogP contribution is -2.52. The third kappa shape index (κ3) is 3.81. The second kappa shape index (κ2) is 8.36. The molecule has 0 aliphatic carbocycles. The molecule has 170 valence electrons. The predicted molar refractivity (Wildman–Crippen MR) is 130 cm³/mol. The molecule has 0 atom stereocenters. The van der Waals surface area contributed by atoms with Gasteiger partial charge < -0.3 is 14.2 Å². The number of rotatable bonds is 3. The number of aryl methyl sites for hydroxylation is 2. The highest BCUT2D eigenvalue weighted by Gasteiger charge is 2.42. The van der Waals surface area contributed by atoms with E-state index >= 15 is 0 Å². The van der Waals surface area contributed by atoms with Gasteiger partial charge in [-0.2, -0.15) is 5.26 Å². The van der Waals surface area contributed by atoms with Crippen LogP contribution in [-0.4, -0.2) is 41.7 Å². The van der Waals surface area contributed by atoms with E-state index in [0.29, 0.717) is 27.6 Å². The molecule has 5 rings (SSSR count). The summed E-state index contributed by atoms with van der Waals surface area (Å²) in [7, 11) is 1.98. The number of aromatic nitrogens is 1. The zero-order valence-corrected chi connectivity index (χ0v) is 20.3. The summed E-state index contributed by atoms with van der Waals surface area (Å²) in [5.41, 5.74) is 5.20. The molecule has 5 nitrogen and oxygen atoms in total. The summed E-state index contributed by atoms with van der Waals surface area (Å²) in [6.45, 7) is 5.06. The molecule has 2 aliphatic heterocycles. The molecular formula is C26H25Cl2N3O2. The summed E-state index contributed by atoms with van der Waals surface area (Å²) in [5.74, 6) is -0.0421. The van der Waals surface area contributed by atoms with Crippen LogP contribution >= 0.6 is 23.2 Å². The Bertz CT molecular complexity index is 1310. The van der Waals surface area contributed by atoms with Crippen LogP contribution in [-0.2, 0) is 18.2 Å². The number of nitrogens with zero attached hydrogens (tertiary/aromatic N) is 3. The highest BCUT2D eigenvalue weighted by Crippen LogP contribution is 2.39. The van der Waals surface area contributed by atoms with Crippen molar-refractivity contribution in [3.63, 3.8) is 0 Å². The lowest BCUT2D eigenvalue weighted by molar-refractivity contribution is -0.136. The highest BCUT2D eigenvalue weighted by molar-refractivity contribution is 6.38. The minimum atomic E-state index is -0.0421. The van der Waals surface area contributed by atoms with Crippen molar-refractivity contribution in [2.45, 2.75) is 26.2 Å². The molecule has 7 heteroatoms. The third-order valence-electron chi connectivity index (χ3n) is 7.30. The Morgan fingerprint density at radius 1 is 1.18 bits per heavy atom. The second-order valence-electron chi connectivity index (χ2n) is 9.38. The molecule has 2 saturated heterocycles. The van der Waals surface area contributed by atoms with E-state index in [9.17, 15) is 10.1 Å². The van der Waals surface area contributed by atoms with Crippen LogP contribution in [0.4, 0.5) is 0 Å². The van der Waals surface area contributed by atoms with Crippen LogP contribution in [0.2, 0.25) is 10.0 Å². The summed E-state index contributed by atoms with van der Waals surface area (Å²) in [6, 6.07) is 11.6. The van der Waals surface area contributed by atoms with E-state index in [1.807, 2.05) is 31.0 Å². The van der Waals surface area contributed by atoms with Crippen LogP contribution in [0.5, 0.6) is 0 Å². The zero-order valence-electron chi connectivity index (χ0n) is 18.8. The van der Waals surface area contributed by atoms with E-state index in [4.69, 9.17) is 27.9 Å². The topological polar surface area (TPSA) is 58.3 Å². The van der Waals surface area contributed by atoms with Gasteiger partial charge in [-0.3, -0.25) is 4.79 Å². The summed E-state index contributed by atoms with van der Waals surface area (Å²) < 4.78 is 7.46. The first-order valence-corrected chi connectivity index (χ1v) is 11.9. The van der Waals surface area contributed by atoms with Gasteiger partial charge in [0.2, 0.25) is 0 Å². The number of ether oxygens (including phenoxy) is 1. The molecule has 1 aromatic heterocycles. The Morgan fingerprint density at radius 2 is 1.91 bits per heavy atom. The maximum Gasteiger partial charge on any atom is 0.255 e. The second-order valence-corrected chi connectivity index (χ2v) is 10.2. The van der Waals surface area contributed by atoms with E-state index < -0.39 is 0 Å². The van der Waals surface area contributed by atoms with E-state index in [-0.39, 0.29) is 11.3 Å². The summed E-state index contributed by atoms with van der Waals surface area (Å²) >= 11 is 13.4. The van der Waals surface area contributed by atoms with Crippen LogP contribution in [0.25, 0.3) is 10.9 Å². The Hall–Kier alpha value is -2.52. The molecule has 3 aromatic rings. The molecule has 2 aromatic carbocycles. The first-order chi connectivity index (χ1) is 15.8. The number of nitriles is 1. The van der Waals surface area contributed by atoms with Gasteiger partial charge in [0.25, 0.3) is 5.91 Å². The van der Waals surface area contributed by atoms with Crippen LogP contribution in [0.3, 0.4) is 0 Å². The fourth-order valence-electron chi connectivity index (χ4n) is 5.04. The maximum absolute atomic E-state index is 13.3. The van der Waals surface area contributed by atoms with Gasteiger partial charge >= 0.3 is 0 Å². The molecule has 33 heavy (non-hydrogen) atoms. The number of amides is 1. The van der Waals surface area contributed by atoms with Crippen molar-refractivity contribution in [1.29, 1.82) is 5.26 Å². The maximum atomic E-state index is 13.3. The van der Waals surface area contributed by atoms with Crippen molar-refractivity contribution < 1.29 is 9.53 Å². The van der Waals surface area contributed by atoms with Crippen LogP contribution in [0, 0.1) is 23.7 Å². The van der Waals surface area contributed by atoms with Gasteiger partial charge in [-0.05, 0) is 61.2 Å². The predicted octanol–water partition coefficient (Wildman–Crippen LogP) is 5.51. The number of likely N-dealkylation sites (tertiary alicyclic amines) is 1. The Kier molecular flexibility index (Phi) is 5.64. The molecule has 0 radical (unpaired) electrons. The minimum absolute atomic E-state index is 0.0421. The lowest BCUT2D eigenvalue weighted by Gasteiger charge is -2.47. The fraction of sp³-hybridized carbons (Fsp3) is 0.385. The number of carbonyl (C=O) groups is 1. The van der Waals surface area contributed by atoms with Gasteiger partial charge in [-0.1, -0.05) is 23.2 Å². The average molecular weight is 482 g/mol. The summed E-state index contributed by atoms with van der Waals surface area (Å²) in [4.78, 5) is 15.2. The summed E-state index contributed by atoms with van der Waals surface area (Å²) in [6.07, 6.45) is 2.43. The third-order valence-corrected chi connectivity index (χ3v) is 8.09. The van der Waals surface area contributed by atoms with Gasteiger partial charge in [-0.25, -0.2) is 0 Å². The molecule has 1 spiro atoms. The largest absolute Gasteiger partial charge is 0.380 e. The minimum Gasteiger partial charge on any atom is -0.380 e. The van der Waals surface area contributed by atoms with Crippen molar-refractivity contribution in [2.24, 2.45) is 12.5 Å². The number of carbonyl (C=O) groups excluding carboxylic acids is 1. The van der Waals surface area contributed by atoms with E-state index in [1.54, 1.807) is 12.1 Å². The van der Waals surface area contributed by atoms with E-state index in [2.05, 4.69) is 16.7 Å². The highest BCUT2D eigenvalue weighted by atomic mass is 35.5.